The fraction of sp³-hybridized carbons (Fsp3) is 0.0952. The molecule has 31 heavy (non-hydrogen) atoms. The van der Waals surface area contributed by atoms with Crippen LogP contribution in [0.1, 0.15) is 5.76 Å². The summed E-state index contributed by atoms with van der Waals surface area (Å²) in [6.07, 6.45) is 1.55. The van der Waals surface area contributed by atoms with E-state index in [2.05, 4.69) is 15.5 Å². The number of halogens is 3. The maximum absolute atomic E-state index is 14.4. The summed E-state index contributed by atoms with van der Waals surface area (Å²) in [5.74, 6) is 0.361. The third kappa shape index (κ3) is 5.28. The molecule has 1 N–H and O–H groups in total. The van der Waals surface area contributed by atoms with Crippen LogP contribution in [-0.2, 0) is 11.3 Å². The summed E-state index contributed by atoms with van der Waals surface area (Å²) in [6.45, 7) is 0.289. The Hall–Kier alpha value is -2.81. The van der Waals surface area contributed by atoms with Crippen LogP contribution in [0.15, 0.2) is 70.4 Å². The molecule has 0 spiro atoms. The molecule has 0 unspecified atom stereocenters. The zero-order valence-corrected chi connectivity index (χ0v) is 18.2. The molecule has 0 saturated carbocycles. The van der Waals surface area contributed by atoms with Crippen LogP contribution in [0, 0.1) is 5.82 Å². The Labute approximate surface area is 191 Å². The van der Waals surface area contributed by atoms with Gasteiger partial charge in [0, 0.05) is 15.7 Å². The van der Waals surface area contributed by atoms with E-state index in [0.29, 0.717) is 38.0 Å². The highest BCUT2D eigenvalue weighted by Gasteiger charge is 2.19. The van der Waals surface area contributed by atoms with Crippen molar-refractivity contribution in [1.82, 2.24) is 14.8 Å². The maximum atomic E-state index is 14.4. The zero-order chi connectivity index (χ0) is 21.8. The highest BCUT2D eigenvalue weighted by Crippen LogP contribution is 2.28. The van der Waals surface area contributed by atoms with Crippen LogP contribution in [0.5, 0.6) is 0 Å². The average Bonchev–Trinajstić information content (AvgIpc) is 3.37. The Kier molecular flexibility index (Phi) is 6.60. The lowest BCUT2D eigenvalue weighted by Gasteiger charge is -2.10. The Morgan fingerprint density at radius 1 is 1.10 bits per heavy atom. The van der Waals surface area contributed by atoms with Gasteiger partial charge in [-0.1, -0.05) is 47.1 Å². The van der Waals surface area contributed by atoms with Gasteiger partial charge < -0.3 is 9.73 Å². The molecule has 0 saturated heterocycles. The topological polar surface area (TPSA) is 73.0 Å². The molecule has 6 nitrogen and oxygen atoms in total. The Bertz CT molecular complexity index is 1190. The lowest BCUT2D eigenvalue weighted by Crippen LogP contribution is -2.15. The van der Waals surface area contributed by atoms with Crippen LogP contribution < -0.4 is 5.32 Å². The molecule has 0 aliphatic carbocycles. The normalized spacial score (nSPS) is 10.9. The number of furan rings is 1. The molecule has 4 rings (SSSR count). The van der Waals surface area contributed by atoms with Crippen LogP contribution in [-0.4, -0.2) is 26.4 Å². The predicted molar refractivity (Wildman–Crippen MR) is 119 cm³/mol. The number of anilines is 1. The molecule has 2 aromatic heterocycles. The first kappa shape index (κ1) is 21.4. The molecule has 4 aromatic rings. The minimum absolute atomic E-state index is 0.0533. The summed E-state index contributed by atoms with van der Waals surface area (Å²) in [4.78, 5) is 12.4. The van der Waals surface area contributed by atoms with Crippen LogP contribution in [0.4, 0.5) is 10.1 Å². The first-order chi connectivity index (χ1) is 15.0. The Morgan fingerprint density at radius 3 is 2.58 bits per heavy atom. The quantitative estimate of drug-likeness (QED) is 0.343. The summed E-state index contributed by atoms with van der Waals surface area (Å²) in [6, 6.07) is 14.7. The number of benzene rings is 2. The van der Waals surface area contributed by atoms with E-state index in [9.17, 15) is 9.18 Å². The van der Waals surface area contributed by atoms with Gasteiger partial charge in [0.25, 0.3) is 0 Å². The van der Waals surface area contributed by atoms with Gasteiger partial charge in [-0.2, -0.15) is 0 Å². The van der Waals surface area contributed by atoms with Crippen molar-refractivity contribution in [3.05, 3.63) is 82.5 Å². The molecule has 2 heterocycles. The molecule has 1 amide bonds. The Morgan fingerprint density at radius 2 is 1.87 bits per heavy atom. The standard InChI is InChI=1S/C21H15Cl2FN4O2S/c22-13-8-14(23)10-15(9-13)25-19(29)12-31-21-27-26-20(17-5-1-2-6-18(17)24)28(21)11-16-4-3-7-30-16/h1-10H,11-12H2,(H,25,29). The van der Waals surface area contributed by atoms with Crippen LogP contribution >= 0.6 is 35.0 Å². The van der Waals surface area contributed by atoms with Crippen molar-refractivity contribution >= 4 is 46.6 Å². The molecule has 0 radical (unpaired) electrons. The number of nitrogens with one attached hydrogen (secondary N) is 1. The summed E-state index contributed by atoms with van der Waals surface area (Å²) in [7, 11) is 0. The molecule has 0 aliphatic heterocycles. The van der Waals surface area contributed by atoms with Crippen molar-refractivity contribution in [2.75, 3.05) is 11.1 Å². The van der Waals surface area contributed by atoms with E-state index in [0.717, 1.165) is 0 Å². The smallest absolute Gasteiger partial charge is 0.234 e. The molecular formula is C21H15Cl2FN4O2S. The first-order valence-electron chi connectivity index (χ1n) is 9.09. The monoisotopic (exact) mass is 476 g/mol. The maximum Gasteiger partial charge on any atom is 0.234 e. The molecule has 158 valence electrons. The molecule has 0 bridgehead atoms. The number of thioether (sulfide) groups is 1. The van der Waals surface area contributed by atoms with E-state index in [1.165, 1.54) is 17.8 Å². The molecular weight excluding hydrogens is 462 g/mol. The lowest BCUT2D eigenvalue weighted by atomic mass is 10.2. The minimum atomic E-state index is -0.414. The minimum Gasteiger partial charge on any atom is -0.467 e. The summed E-state index contributed by atoms with van der Waals surface area (Å²) in [5, 5.41) is 12.4. The van der Waals surface area contributed by atoms with Gasteiger partial charge in [-0.3, -0.25) is 9.36 Å². The second-order valence-electron chi connectivity index (χ2n) is 6.45. The van der Waals surface area contributed by atoms with Gasteiger partial charge in [0.1, 0.15) is 11.6 Å². The number of nitrogens with zero attached hydrogens (tertiary/aromatic N) is 3. The second kappa shape index (κ2) is 9.55. The predicted octanol–water partition coefficient (Wildman–Crippen LogP) is 5.76. The zero-order valence-electron chi connectivity index (χ0n) is 15.9. The summed E-state index contributed by atoms with van der Waals surface area (Å²) >= 11 is 13.1. The largest absolute Gasteiger partial charge is 0.467 e. The van der Waals surface area contributed by atoms with E-state index in [1.807, 2.05) is 0 Å². The average molecular weight is 477 g/mol. The van der Waals surface area contributed by atoms with Crippen molar-refractivity contribution in [2.45, 2.75) is 11.7 Å². The molecule has 0 aliphatic rings. The Balaban J connectivity index is 1.55. The number of hydrogen-bond acceptors (Lipinski definition) is 5. The summed E-state index contributed by atoms with van der Waals surface area (Å²) < 4.78 is 21.5. The SMILES string of the molecule is O=C(CSc1nnc(-c2ccccc2F)n1Cc1ccco1)Nc1cc(Cl)cc(Cl)c1. The number of carbonyl (C=O) groups is 1. The van der Waals surface area contributed by atoms with Gasteiger partial charge in [0.2, 0.25) is 5.91 Å². The number of hydrogen-bond donors (Lipinski definition) is 1. The van der Waals surface area contributed by atoms with Crippen molar-refractivity contribution in [2.24, 2.45) is 0 Å². The highest BCUT2D eigenvalue weighted by atomic mass is 35.5. The van der Waals surface area contributed by atoms with Gasteiger partial charge in [0.15, 0.2) is 11.0 Å². The van der Waals surface area contributed by atoms with Crippen molar-refractivity contribution in [3.8, 4) is 11.4 Å². The van der Waals surface area contributed by atoms with E-state index in [-0.39, 0.29) is 18.2 Å². The third-order valence-electron chi connectivity index (χ3n) is 4.20. The molecule has 2 aromatic carbocycles. The van der Waals surface area contributed by atoms with Gasteiger partial charge in [-0.15, -0.1) is 10.2 Å². The van der Waals surface area contributed by atoms with Crippen LogP contribution in [0.3, 0.4) is 0 Å². The molecule has 0 fully saturated rings. The fourth-order valence-corrected chi connectivity index (χ4v) is 4.16. The van der Waals surface area contributed by atoms with Gasteiger partial charge in [0.05, 0.1) is 24.1 Å². The van der Waals surface area contributed by atoms with Crippen molar-refractivity contribution in [3.63, 3.8) is 0 Å². The van der Waals surface area contributed by atoms with Gasteiger partial charge >= 0.3 is 0 Å². The van der Waals surface area contributed by atoms with Crippen LogP contribution in [0.2, 0.25) is 10.0 Å². The number of carbonyl (C=O) groups excluding carboxylic acids is 1. The molecule has 10 heteroatoms. The van der Waals surface area contributed by atoms with Gasteiger partial charge in [-0.05, 0) is 42.5 Å². The van der Waals surface area contributed by atoms with Gasteiger partial charge in [-0.25, -0.2) is 4.39 Å². The van der Waals surface area contributed by atoms with E-state index in [1.54, 1.807) is 59.4 Å². The number of aromatic nitrogens is 3. The van der Waals surface area contributed by atoms with Crippen LogP contribution in [0.25, 0.3) is 11.4 Å². The van der Waals surface area contributed by atoms with E-state index >= 15 is 0 Å². The lowest BCUT2D eigenvalue weighted by molar-refractivity contribution is -0.113. The number of rotatable bonds is 7. The molecule has 0 atom stereocenters. The van der Waals surface area contributed by atoms with Crippen molar-refractivity contribution < 1.29 is 13.6 Å². The first-order valence-corrected chi connectivity index (χ1v) is 10.8. The van der Waals surface area contributed by atoms with Crippen molar-refractivity contribution in [1.29, 1.82) is 0 Å². The third-order valence-corrected chi connectivity index (χ3v) is 5.61. The van der Waals surface area contributed by atoms with E-state index < -0.39 is 5.82 Å². The summed E-state index contributed by atoms with van der Waals surface area (Å²) in [5.41, 5.74) is 0.804. The number of amides is 1. The second-order valence-corrected chi connectivity index (χ2v) is 8.26. The fourth-order valence-electron chi connectivity index (χ4n) is 2.89. The van der Waals surface area contributed by atoms with E-state index in [4.69, 9.17) is 27.6 Å². The highest BCUT2D eigenvalue weighted by molar-refractivity contribution is 7.99.